The van der Waals surface area contributed by atoms with Gasteiger partial charge in [-0.05, 0) is 43.1 Å². The van der Waals surface area contributed by atoms with Crippen LogP contribution < -0.4 is 5.32 Å². The SMILES string of the molecule is O=C(O)C1CSC(C2CC2)N1C(=O)NC1CCSCC1. The first kappa shape index (κ1) is 14.4. The van der Waals surface area contributed by atoms with Crippen LogP contribution in [0.4, 0.5) is 4.79 Å². The average molecular weight is 316 g/mol. The van der Waals surface area contributed by atoms with Crippen LogP contribution in [-0.2, 0) is 4.79 Å². The van der Waals surface area contributed by atoms with E-state index < -0.39 is 12.0 Å². The zero-order chi connectivity index (χ0) is 14.1. The monoisotopic (exact) mass is 316 g/mol. The average Bonchev–Trinajstić information content (AvgIpc) is 3.17. The number of thioether (sulfide) groups is 2. The number of rotatable bonds is 3. The largest absolute Gasteiger partial charge is 0.480 e. The Hall–Kier alpha value is -0.560. The molecule has 2 unspecified atom stereocenters. The van der Waals surface area contributed by atoms with Crippen molar-refractivity contribution >= 4 is 35.5 Å². The smallest absolute Gasteiger partial charge is 0.327 e. The summed E-state index contributed by atoms with van der Waals surface area (Å²) in [5, 5.41) is 12.4. The minimum absolute atomic E-state index is 0.0639. The van der Waals surface area contributed by atoms with Gasteiger partial charge in [-0.2, -0.15) is 11.8 Å². The van der Waals surface area contributed by atoms with Crippen molar-refractivity contribution in [2.45, 2.75) is 43.1 Å². The number of hydrogen-bond acceptors (Lipinski definition) is 4. The Morgan fingerprint density at radius 2 is 1.85 bits per heavy atom. The number of carboxylic acids is 1. The second-order valence-electron chi connectivity index (χ2n) is 5.66. The third kappa shape index (κ3) is 3.03. The molecule has 3 rings (SSSR count). The molecule has 20 heavy (non-hydrogen) atoms. The van der Waals surface area contributed by atoms with Gasteiger partial charge in [0.15, 0.2) is 0 Å². The minimum Gasteiger partial charge on any atom is -0.480 e. The van der Waals surface area contributed by atoms with Gasteiger partial charge in [-0.25, -0.2) is 9.59 Å². The van der Waals surface area contributed by atoms with Gasteiger partial charge in [-0.1, -0.05) is 0 Å². The van der Waals surface area contributed by atoms with Crippen molar-refractivity contribution < 1.29 is 14.7 Å². The van der Waals surface area contributed by atoms with Gasteiger partial charge < -0.3 is 10.4 Å². The van der Waals surface area contributed by atoms with Crippen molar-refractivity contribution in [2.75, 3.05) is 17.3 Å². The van der Waals surface area contributed by atoms with Crippen molar-refractivity contribution in [2.24, 2.45) is 5.92 Å². The normalized spacial score (nSPS) is 31.3. The molecule has 0 bridgehead atoms. The van der Waals surface area contributed by atoms with Gasteiger partial charge in [-0.15, -0.1) is 11.8 Å². The quantitative estimate of drug-likeness (QED) is 0.831. The summed E-state index contributed by atoms with van der Waals surface area (Å²) >= 11 is 3.54. The molecule has 1 saturated carbocycles. The summed E-state index contributed by atoms with van der Waals surface area (Å²) in [5.74, 6) is 2.29. The van der Waals surface area contributed by atoms with Gasteiger partial charge >= 0.3 is 12.0 Å². The molecule has 112 valence electrons. The predicted octanol–water partition coefficient (Wildman–Crippen LogP) is 1.83. The molecule has 0 radical (unpaired) electrons. The van der Waals surface area contributed by atoms with Crippen LogP contribution in [0.1, 0.15) is 25.7 Å². The molecule has 2 N–H and O–H groups in total. The summed E-state index contributed by atoms with van der Waals surface area (Å²) in [7, 11) is 0. The van der Waals surface area contributed by atoms with Crippen LogP contribution in [0.5, 0.6) is 0 Å². The maximum Gasteiger partial charge on any atom is 0.327 e. The Kier molecular flexibility index (Phi) is 4.35. The molecule has 2 saturated heterocycles. The predicted molar refractivity (Wildman–Crippen MR) is 81.1 cm³/mol. The highest BCUT2D eigenvalue weighted by Crippen LogP contribution is 2.45. The minimum atomic E-state index is -0.880. The molecule has 0 aromatic heterocycles. The summed E-state index contributed by atoms with van der Waals surface area (Å²) in [4.78, 5) is 25.5. The standard InChI is InChI=1S/C13H20N2O3S2/c16-12(17)10-7-20-11(8-1-2-8)15(10)13(18)14-9-3-5-19-6-4-9/h8-11H,1-7H2,(H,14,18)(H,16,17). The second kappa shape index (κ2) is 6.05. The number of nitrogens with one attached hydrogen (secondary N) is 1. The molecular formula is C13H20N2O3S2. The summed E-state index contributed by atoms with van der Waals surface area (Å²) in [6, 6.07) is -0.622. The zero-order valence-corrected chi connectivity index (χ0v) is 12.9. The number of carbonyl (C=O) groups is 2. The number of amides is 2. The van der Waals surface area contributed by atoms with Crippen LogP contribution >= 0.6 is 23.5 Å². The van der Waals surface area contributed by atoms with Crippen LogP contribution in [0.3, 0.4) is 0 Å². The fourth-order valence-corrected chi connectivity index (χ4v) is 5.55. The number of carboxylic acid groups (broad SMARTS) is 1. The molecule has 1 aliphatic carbocycles. The first-order valence-electron chi connectivity index (χ1n) is 7.18. The van der Waals surface area contributed by atoms with Gasteiger partial charge in [0.05, 0.1) is 5.37 Å². The van der Waals surface area contributed by atoms with Crippen LogP contribution in [0.15, 0.2) is 0 Å². The maximum absolute atomic E-state index is 12.5. The van der Waals surface area contributed by atoms with Crippen molar-refractivity contribution in [3.63, 3.8) is 0 Å². The molecule has 0 aromatic carbocycles. The molecular weight excluding hydrogens is 296 g/mol. The number of urea groups is 1. The zero-order valence-electron chi connectivity index (χ0n) is 11.3. The molecule has 2 heterocycles. The summed E-state index contributed by atoms with van der Waals surface area (Å²) < 4.78 is 0. The highest BCUT2D eigenvalue weighted by atomic mass is 32.2. The molecule has 7 heteroatoms. The van der Waals surface area contributed by atoms with Gasteiger partial charge in [0.1, 0.15) is 6.04 Å². The van der Waals surface area contributed by atoms with E-state index in [2.05, 4.69) is 5.32 Å². The molecule has 2 aliphatic heterocycles. The molecule has 5 nitrogen and oxygen atoms in total. The molecule has 2 atom stereocenters. The maximum atomic E-state index is 12.5. The van der Waals surface area contributed by atoms with Gasteiger partial charge in [0.25, 0.3) is 0 Å². The van der Waals surface area contributed by atoms with Gasteiger partial charge in [0.2, 0.25) is 0 Å². The third-order valence-electron chi connectivity index (χ3n) is 4.13. The van der Waals surface area contributed by atoms with E-state index in [1.165, 1.54) is 0 Å². The van der Waals surface area contributed by atoms with E-state index in [4.69, 9.17) is 0 Å². The van der Waals surface area contributed by atoms with Crippen LogP contribution in [0.25, 0.3) is 0 Å². The lowest BCUT2D eigenvalue weighted by Crippen LogP contribution is -2.53. The van der Waals surface area contributed by atoms with E-state index in [9.17, 15) is 14.7 Å². The highest BCUT2D eigenvalue weighted by Gasteiger charge is 2.48. The first-order chi connectivity index (χ1) is 9.66. The van der Waals surface area contributed by atoms with Gasteiger partial charge in [0, 0.05) is 11.8 Å². The van der Waals surface area contributed by atoms with Crippen molar-refractivity contribution in [1.29, 1.82) is 0 Å². The van der Waals surface area contributed by atoms with E-state index in [0.717, 1.165) is 37.2 Å². The fourth-order valence-electron chi connectivity index (χ4n) is 2.81. The summed E-state index contributed by atoms with van der Waals surface area (Å²) in [6.07, 6.45) is 4.22. The van der Waals surface area contributed by atoms with E-state index in [1.807, 2.05) is 11.8 Å². The number of hydrogen-bond donors (Lipinski definition) is 2. The summed E-state index contributed by atoms with van der Waals surface area (Å²) in [6.45, 7) is 0. The number of carbonyl (C=O) groups excluding carboxylic acids is 1. The van der Waals surface area contributed by atoms with Gasteiger partial charge in [-0.3, -0.25) is 4.90 Å². The van der Waals surface area contributed by atoms with E-state index in [1.54, 1.807) is 16.7 Å². The molecule has 0 aromatic rings. The van der Waals surface area contributed by atoms with E-state index in [-0.39, 0.29) is 17.4 Å². The molecule has 2 amide bonds. The Balaban J connectivity index is 1.66. The third-order valence-corrected chi connectivity index (χ3v) is 6.64. The molecule has 3 fully saturated rings. The van der Waals surface area contributed by atoms with E-state index in [0.29, 0.717) is 11.7 Å². The topological polar surface area (TPSA) is 69.6 Å². The van der Waals surface area contributed by atoms with Crippen molar-refractivity contribution in [3.05, 3.63) is 0 Å². The van der Waals surface area contributed by atoms with Crippen molar-refractivity contribution in [1.82, 2.24) is 10.2 Å². The molecule has 3 aliphatic rings. The van der Waals surface area contributed by atoms with E-state index >= 15 is 0 Å². The Morgan fingerprint density at radius 3 is 2.45 bits per heavy atom. The Bertz CT molecular complexity index is 397. The fraction of sp³-hybridized carbons (Fsp3) is 0.846. The Morgan fingerprint density at radius 1 is 1.15 bits per heavy atom. The van der Waals surface area contributed by atoms with Crippen LogP contribution in [0, 0.1) is 5.92 Å². The number of nitrogens with zero attached hydrogens (tertiary/aromatic N) is 1. The summed E-state index contributed by atoms with van der Waals surface area (Å²) in [5.41, 5.74) is 0. The second-order valence-corrected chi connectivity index (χ2v) is 8.03. The number of aliphatic carboxylic acids is 1. The van der Waals surface area contributed by atoms with Crippen LogP contribution in [0.2, 0.25) is 0 Å². The Labute approximate surface area is 127 Å². The first-order valence-corrected chi connectivity index (χ1v) is 9.38. The molecule has 0 spiro atoms. The lowest BCUT2D eigenvalue weighted by atomic mass is 10.1. The highest BCUT2D eigenvalue weighted by molar-refractivity contribution is 8.00. The lowest BCUT2D eigenvalue weighted by molar-refractivity contribution is -0.141. The van der Waals surface area contributed by atoms with Crippen LogP contribution in [-0.4, -0.2) is 56.7 Å². The lowest BCUT2D eigenvalue weighted by Gasteiger charge is -2.31. The van der Waals surface area contributed by atoms with Crippen molar-refractivity contribution in [3.8, 4) is 0 Å².